The number of likely N-dealkylation sites (tertiary alicyclic amines) is 1. The van der Waals surface area contributed by atoms with Crippen LogP contribution in [0.2, 0.25) is 0 Å². The molecular formula is C16H21NO4. The average molecular weight is 291 g/mol. The Morgan fingerprint density at radius 2 is 2.05 bits per heavy atom. The first kappa shape index (κ1) is 15.4. The van der Waals surface area contributed by atoms with Gasteiger partial charge in [-0.2, -0.15) is 0 Å². The van der Waals surface area contributed by atoms with Crippen LogP contribution in [0, 0.1) is 6.92 Å². The molecule has 21 heavy (non-hydrogen) atoms. The molecule has 5 nitrogen and oxygen atoms in total. The molecule has 0 aromatic heterocycles. The Labute approximate surface area is 124 Å². The molecule has 1 aromatic rings. The Balaban J connectivity index is 1.98. The Kier molecular flexibility index (Phi) is 5.20. The van der Waals surface area contributed by atoms with Crippen molar-refractivity contribution in [2.24, 2.45) is 0 Å². The van der Waals surface area contributed by atoms with E-state index >= 15 is 0 Å². The summed E-state index contributed by atoms with van der Waals surface area (Å²) in [4.78, 5) is 25.6. The molecule has 0 radical (unpaired) electrons. The lowest BCUT2D eigenvalue weighted by Gasteiger charge is -2.33. The number of carbonyl (C=O) groups is 2. The fourth-order valence-electron chi connectivity index (χ4n) is 2.55. The Hall–Kier alpha value is -2.04. The highest BCUT2D eigenvalue weighted by Gasteiger charge is 2.32. The van der Waals surface area contributed by atoms with Crippen molar-refractivity contribution < 1.29 is 19.1 Å². The minimum Gasteiger partial charge on any atom is -0.484 e. The number of esters is 1. The third-order valence-electron chi connectivity index (χ3n) is 3.74. The number of rotatable bonds is 4. The number of methoxy groups -OCH3 is 1. The molecule has 0 unspecified atom stereocenters. The van der Waals surface area contributed by atoms with Gasteiger partial charge in [-0.3, -0.25) is 4.79 Å². The monoisotopic (exact) mass is 291 g/mol. The number of aryl methyl sites for hydroxylation is 1. The summed E-state index contributed by atoms with van der Waals surface area (Å²) in [6, 6.07) is 7.07. The summed E-state index contributed by atoms with van der Waals surface area (Å²) in [6.45, 7) is 2.45. The standard InChI is InChI=1S/C16H21NO4/c1-12-7-3-4-9-14(12)21-11-15(18)17-10-6-5-8-13(17)16(19)20-2/h3-4,7,9,13H,5-6,8,10-11H2,1-2H3/t13-/m1/s1. The van der Waals surface area contributed by atoms with Crippen molar-refractivity contribution in [2.45, 2.75) is 32.2 Å². The van der Waals surface area contributed by atoms with Crippen LogP contribution < -0.4 is 4.74 Å². The van der Waals surface area contributed by atoms with E-state index in [0.717, 1.165) is 18.4 Å². The SMILES string of the molecule is COC(=O)[C@H]1CCCCN1C(=O)COc1ccccc1C. The van der Waals surface area contributed by atoms with Crippen LogP contribution in [-0.2, 0) is 14.3 Å². The summed E-state index contributed by atoms with van der Waals surface area (Å²) in [6.07, 6.45) is 2.49. The second-order valence-corrected chi connectivity index (χ2v) is 5.18. The molecule has 1 fully saturated rings. The second-order valence-electron chi connectivity index (χ2n) is 5.18. The summed E-state index contributed by atoms with van der Waals surface area (Å²) < 4.78 is 10.3. The van der Waals surface area contributed by atoms with E-state index in [1.165, 1.54) is 7.11 Å². The largest absolute Gasteiger partial charge is 0.484 e. The zero-order valence-corrected chi connectivity index (χ0v) is 12.5. The fraction of sp³-hybridized carbons (Fsp3) is 0.500. The van der Waals surface area contributed by atoms with Crippen molar-refractivity contribution in [3.63, 3.8) is 0 Å². The molecule has 1 atom stereocenters. The third-order valence-corrected chi connectivity index (χ3v) is 3.74. The molecule has 0 aliphatic carbocycles. The van der Waals surface area contributed by atoms with Crippen molar-refractivity contribution in [2.75, 3.05) is 20.3 Å². The van der Waals surface area contributed by atoms with Crippen molar-refractivity contribution in [1.29, 1.82) is 0 Å². The number of benzene rings is 1. The molecule has 0 bridgehead atoms. The second kappa shape index (κ2) is 7.11. The van der Waals surface area contributed by atoms with E-state index in [0.29, 0.717) is 18.7 Å². The van der Waals surface area contributed by atoms with Gasteiger partial charge in [-0.25, -0.2) is 4.79 Å². The van der Waals surface area contributed by atoms with Crippen LogP contribution >= 0.6 is 0 Å². The molecule has 2 rings (SSSR count). The van der Waals surface area contributed by atoms with Gasteiger partial charge in [0.25, 0.3) is 5.91 Å². The predicted octanol–water partition coefficient (Wildman–Crippen LogP) is 1.93. The zero-order chi connectivity index (χ0) is 15.2. The van der Waals surface area contributed by atoms with Gasteiger partial charge < -0.3 is 14.4 Å². The van der Waals surface area contributed by atoms with Crippen LogP contribution in [0.4, 0.5) is 0 Å². The molecule has 1 aliphatic heterocycles. The molecule has 1 saturated heterocycles. The maximum absolute atomic E-state index is 12.3. The lowest BCUT2D eigenvalue weighted by molar-refractivity contribution is -0.155. The summed E-state index contributed by atoms with van der Waals surface area (Å²) in [5.41, 5.74) is 0.980. The van der Waals surface area contributed by atoms with Gasteiger partial charge in [0, 0.05) is 6.54 Å². The number of ether oxygens (including phenoxy) is 2. The van der Waals surface area contributed by atoms with Gasteiger partial charge in [-0.15, -0.1) is 0 Å². The molecule has 1 heterocycles. The number of para-hydroxylation sites is 1. The molecule has 5 heteroatoms. The minimum atomic E-state index is -0.475. The Bertz CT molecular complexity index is 515. The van der Waals surface area contributed by atoms with Crippen molar-refractivity contribution in [3.05, 3.63) is 29.8 Å². The average Bonchev–Trinajstić information content (AvgIpc) is 2.53. The molecule has 1 aliphatic rings. The van der Waals surface area contributed by atoms with Gasteiger partial charge >= 0.3 is 5.97 Å². The van der Waals surface area contributed by atoms with Gasteiger partial charge in [-0.1, -0.05) is 18.2 Å². The van der Waals surface area contributed by atoms with Crippen molar-refractivity contribution >= 4 is 11.9 Å². The molecule has 1 aromatic carbocycles. The van der Waals surface area contributed by atoms with E-state index < -0.39 is 6.04 Å². The summed E-state index contributed by atoms with van der Waals surface area (Å²) in [7, 11) is 1.35. The topological polar surface area (TPSA) is 55.8 Å². The van der Waals surface area contributed by atoms with E-state index in [4.69, 9.17) is 9.47 Å². The Morgan fingerprint density at radius 3 is 2.76 bits per heavy atom. The van der Waals surface area contributed by atoms with Crippen LogP contribution in [0.15, 0.2) is 24.3 Å². The van der Waals surface area contributed by atoms with Gasteiger partial charge in [0.2, 0.25) is 0 Å². The van der Waals surface area contributed by atoms with Crippen LogP contribution in [-0.4, -0.2) is 43.1 Å². The highest BCUT2D eigenvalue weighted by Crippen LogP contribution is 2.20. The zero-order valence-electron chi connectivity index (χ0n) is 12.5. The first-order valence-electron chi connectivity index (χ1n) is 7.19. The molecule has 1 amide bonds. The van der Waals surface area contributed by atoms with Crippen molar-refractivity contribution in [3.8, 4) is 5.75 Å². The fourth-order valence-corrected chi connectivity index (χ4v) is 2.55. The van der Waals surface area contributed by atoms with Gasteiger partial charge in [-0.05, 0) is 37.8 Å². The molecule has 0 N–H and O–H groups in total. The smallest absolute Gasteiger partial charge is 0.328 e. The molecule has 0 spiro atoms. The predicted molar refractivity (Wildman–Crippen MR) is 78.0 cm³/mol. The summed E-state index contributed by atoms with van der Waals surface area (Å²) >= 11 is 0. The van der Waals surface area contributed by atoms with E-state index in [1.54, 1.807) is 4.90 Å². The van der Waals surface area contributed by atoms with Crippen LogP contribution in [0.5, 0.6) is 5.75 Å². The summed E-state index contributed by atoms with van der Waals surface area (Å²) in [5.74, 6) is 0.171. The third kappa shape index (κ3) is 3.74. The van der Waals surface area contributed by atoms with Crippen molar-refractivity contribution in [1.82, 2.24) is 4.90 Å². The lowest BCUT2D eigenvalue weighted by atomic mass is 10.0. The number of carbonyl (C=O) groups excluding carboxylic acids is 2. The maximum atomic E-state index is 12.3. The van der Waals surface area contributed by atoms with E-state index in [-0.39, 0.29) is 18.5 Å². The first-order valence-corrected chi connectivity index (χ1v) is 7.19. The quantitative estimate of drug-likeness (QED) is 0.795. The van der Waals surface area contributed by atoms with Gasteiger partial charge in [0.1, 0.15) is 11.8 Å². The molecule has 0 saturated carbocycles. The van der Waals surface area contributed by atoms with Gasteiger partial charge in [0.05, 0.1) is 7.11 Å². The van der Waals surface area contributed by atoms with E-state index in [9.17, 15) is 9.59 Å². The van der Waals surface area contributed by atoms with E-state index in [1.807, 2.05) is 31.2 Å². The number of hydrogen-bond acceptors (Lipinski definition) is 4. The molecule has 114 valence electrons. The highest BCUT2D eigenvalue weighted by molar-refractivity contribution is 5.85. The number of piperidine rings is 1. The van der Waals surface area contributed by atoms with Crippen LogP contribution in [0.3, 0.4) is 0 Å². The normalized spacial score (nSPS) is 18.2. The van der Waals surface area contributed by atoms with Crippen LogP contribution in [0.25, 0.3) is 0 Å². The van der Waals surface area contributed by atoms with Crippen LogP contribution in [0.1, 0.15) is 24.8 Å². The number of nitrogens with zero attached hydrogens (tertiary/aromatic N) is 1. The maximum Gasteiger partial charge on any atom is 0.328 e. The number of hydrogen-bond donors (Lipinski definition) is 0. The number of amides is 1. The van der Waals surface area contributed by atoms with Gasteiger partial charge in [0.15, 0.2) is 6.61 Å². The molecular weight excluding hydrogens is 270 g/mol. The first-order chi connectivity index (χ1) is 10.1. The highest BCUT2D eigenvalue weighted by atomic mass is 16.5. The summed E-state index contributed by atoms with van der Waals surface area (Å²) in [5, 5.41) is 0. The lowest BCUT2D eigenvalue weighted by Crippen LogP contribution is -2.50. The minimum absolute atomic E-state index is 0.0572. The Morgan fingerprint density at radius 1 is 1.29 bits per heavy atom. The van der Waals surface area contributed by atoms with E-state index in [2.05, 4.69) is 0 Å².